The van der Waals surface area contributed by atoms with E-state index in [1.807, 2.05) is 27.7 Å². The number of hydrogen-bond acceptors (Lipinski definition) is 0. The van der Waals surface area contributed by atoms with E-state index < -0.39 is 0 Å². The molecule has 0 aromatic heterocycles. The Morgan fingerprint density at radius 3 is 0.955 bits per heavy atom. The molecule has 22 heavy (non-hydrogen) atoms. The largest absolute Gasteiger partial charge is 0.0785 e. The quantitative estimate of drug-likeness (QED) is 0.521. The van der Waals surface area contributed by atoms with E-state index in [2.05, 4.69) is 90.1 Å². The van der Waals surface area contributed by atoms with E-state index in [1.54, 1.807) is 0 Å². The van der Waals surface area contributed by atoms with Gasteiger partial charge in [0.2, 0.25) is 0 Å². The summed E-state index contributed by atoms with van der Waals surface area (Å²) < 4.78 is 0. The summed E-state index contributed by atoms with van der Waals surface area (Å²) in [5.74, 6) is 0. The molecule has 0 heteroatoms. The van der Waals surface area contributed by atoms with E-state index in [0.717, 1.165) is 0 Å². The lowest BCUT2D eigenvalue weighted by molar-refractivity contribution is 0.546. The molecular formula is C22H38. The summed E-state index contributed by atoms with van der Waals surface area (Å²) in [4.78, 5) is 0. The maximum atomic E-state index is 2.24. The Morgan fingerprint density at radius 2 is 0.773 bits per heavy atom. The van der Waals surface area contributed by atoms with Gasteiger partial charge in [-0.3, -0.25) is 0 Å². The van der Waals surface area contributed by atoms with Gasteiger partial charge in [0.1, 0.15) is 0 Å². The normalized spacial score (nSPS) is 11.7. The smallest absolute Gasteiger partial charge is 0.0200 e. The van der Waals surface area contributed by atoms with Gasteiger partial charge in [0.25, 0.3) is 0 Å². The molecule has 0 aliphatic rings. The van der Waals surface area contributed by atoms with E-state index in [1.165, 1.54) is 11.1 Å². The second-order valence-electron chi connectivity index (χ2n) is 7.07. The molecule has 0 saturated carbocycles. The van der Waals surface area contributed by atoms with Crippen LogP contribution in [0.3, 0.4) is 0 Å². The zero-order chi connectivity index (χ0) is 17.8. The predicted molar refractivity (Wildman–Crippen MR) is 106 cm³/mol. The van der Waals surface area contributed by atoms with E-state index in [-0.39, 0.29) is 10.8 Å². The summed E-state index contributed by atoms with van der Waals surface area (Å²) >= 11 is 0. The van der Waals surface area contributed by atoms with Gasteiger partial charge in [-0.1, -0.05) is 118 Å². The van der Waals surface area contributed by atoms with Crippen LogP contribution in [0, 0.1) is 10.8 Å². The van der Waals surface area contributed by atoms with Crippen LogP contribution in [-0.4, -0.2) is 0 Å². The van der Waals surface area contributed by atoms with Gasteiger partial charge in [-0.05, 0) is 22.0 Å². The Hall–Kier alpha value is -1.30. The summed E-state index contributed by atoms with van der Waals surface area (Å²) in [5, 5.41) is 0. The molecule has 0 aliphatic heterocycles. The van der Waals surface area contributed by atoms with Crippen LogP contribution >= 0.6 is 0 Å². The number of allylic oxidation sites excluding steroid dienone is 2. The monoisotopic (exact) mass is 302 g/mol. The van der Waals surface area contributed by atoms with Crippen molar-refractivity contribution in [1.29, 1.82) is 0 Å². The van der Waals surface area contributed by atoms with Gasteiger partial charge in [-0.25, -0.2) is 0 Å². The molecule has 0 bridgehead atoms. The number of benzene rings is 1. The summed E-state index contributed by atoms with van der Waals surface area (Å²) in [6, 6.07) is 8.68. The molecule has 0 spiro atoms. The first-order valence-corrected chi connectivity index (χ1v) is 8.64. The summed E-state index contributed by atoms with van der Waals surface area (Å²) in [6.45, 7) is 21.3. The van der Waals surface area contributed by atoms with Gasteiger partial charge in [0, 0.05) is 0 Å². The van der Waals surface area contributed by atoms with E-state index in [9.17, 15) is 0 Å². The van der Waals surface area contributed by atoms with Crippen LogP contribution in [0.25, 0.3) is 12.2 Å². The van der Waals surface area contributed by atoms with Crippen molar-refractivity contribution in [3.63, 3.8) is 0 Å². The maximum absolute atomic E-state index is 2.24. The first-order chi connectivity index (χ1) is 10.2. The standard InChI is InChI=1S/C18H26.2C2H6/c1-17(2,3)13-11-15-7-9-16(10-8-15)12-14-18(4,5)6;2*1-2/h7-14H,1-6H3;2*1-2H3/b13-11+,14-12+;;. The van der Waals surface area contributed by atoms with Crippen molar-refractivity contribution in [2.24, 2.45) is 10.8 Å². The summed E-state index contributed by atoms with van der Waals surface area (Å²) in [5.41, 5.74) is 3.01. The van der Waals surface area contributed by atoms with Crippen LogP contribution in [0.4, 0.5) is 0 Å². The Labute approximate surface area is 140 Å². The van der Waals surface area contributed by atoms with Crippen LogP contribution in [0.15, 0.2) is 36.4 Å². The van der Waals surface area contributed by atoms with Crippen molar-refractivity contribution < 1.29 is 0 Å². The number of rotatable bonds is 2. The molecule has 0 amide bonds. The average Bonchev–Trinajstić information content (AvgIpc) is 2.47. The van der Waals surface area contributed by atoms with Crippen molar-refractivity contribution >= 4 is 12.2 Å². The van der Waals surface area contributed by atoms with Crippen molar-refractivity contribution in [2.75, 3.05) is 0 Å². The molecular weight excluding hydrogens is 264 g/mol. The third-order valence-electron chi connectivity index (χ3n) is 2.49. The van der Waals surface area contributed by atoms with Crippen LogP contribution < -0.4 is 0 Å². The zero-order valence-corrected chi connectivity index (χ0v) is 16.6. The van der Waals surface area contributed by atoms with Crippen molar-refractivity contribution in [2.45, 2.75) is 69.2 Å². The molecule has 126 valence electrons. The third-order valence-corrected chi connectivity index (χ3v) is 2.49. The summed E-state index contributed by atoms with van der Waals surface area (Å²) in [6.07, 6.45) is 8.87. The molecule has 0 radical (unpaired) electrons. The minimum absolute atomic E-state index is 0.241. The lowest BCUT2D eigenvalue weighted by atomic mass is 9.94. The van der Waals surface area contributed by atoms with Crippen LogP contribution in [0.5, 0.6) is 0 Å². The first-order valence-electron chi connectivity index (χ1n) is 8.64. The fourth-order valence-corrected chi connectivity index (χ4v) is 1.41. The zero-order valence-electron chi connectivity index (χ0n) is 16.6. The van der Waals surface area contributed by atoms with Gasteiger partial charge in [0.05, 0.1) is 0 Å². The third kappa shape index (κ3) is 13.7. The second-order valence-corrected chi connectivity index (χ2v) is 7.07. The van der Waals surface area contributed by atoms with E-state index in [0.29, 0.717) is 0 Å². The topological polar surface area (TPSA) is 0 Å². The molecule has 0 aliphatic carbocycles. The molecule has 0 nitrogen and oxygen atoms in total. The molecule has 0 fully saturated rings. The molecule has 1 aromatic rings. The first kappa shape index (κ1) is 23.0. The van der Waals surface area contributed by atoms with Crippen molar-refractivity contribution in [1.82, 2.24) is 0 Å². The average molecular weight is 303 g/mol. The highest BCUT2D eigenvalue weighted by Gasteiger charge is 2.04. The molecule has 1 aromatic carbocycles. The number of hydrogen-bond donors (Lipinski definition) is 0. The Kier molecular flexibility index (Phi) is 11.8. The van der Waals surface area contributed by atoms with Gasteiger partial charge in [-0.15, -0.1) is 0 Å². The SMILES string of the molecule is CC.CC.CC(C)(C)/C=C/c1ccc(/C=C/C(C)(C)C)cc1. The van der Waals surface area contributed by atoms with Crippen molar-refractivity contribution in [3.05, 3.63) is 47.5 Å². The molecule has 1 rings (SSSR count). The lowest BCUT2D eigenvalue weighted by Gasteiger charge is -2.11. The lowest BCUT2D eigenvalue weighted by Crippen LogP contribution is -1.98. The fraction of sp³-hybridized carbons (Fsp3) is 0.545. The molecule has 0 unspecified atom stereocenters. The van der Waals surface area contributed by atoms with Gasteiger partial charge in [0.15, 0.2) is 0 Å². The summed E-state index contributed by atoms with van der Waals surface area (Å²) in [7, 11) is 0. The maximum Gasteiger partial charge on any atom is -0.0200 e. The van der Waals surface area contributed by atoms with Crippen molar-refractivity contribution in [3.8, 4) is 0 Å². The van der Waals surface area contributed by atoms with E-state index in [4.69, 9.17) is 0 Å². The Balaban J connectivity index is 0. The van der Waals surface area contributed by atoms with Gasteiger partial charge in [-0.2, -0.15) is 0 Å². The van der Waals surface area contributed by atoms with Crippen LogP contribution in [0.2, 0.25) is 0 Å². The highest BCUT2D eigenvalue weighted by atomic mass is 14.1. The molecule has 0 saturated heterocycles. The molecule has 0 heterocycles. The highest BCUT2D eigenvalue weighted by molar-refractivity contribution is 5.56. The van der Waals surface area contributed by atoms with Crippen LogP contribution in [0.1, 0.15) is 80.4 Å². The second kappa shape index (κ2) is 11.3. The Morgan fingerprint density at radius 1 is 0.545 bits per heavy atom. The fourth-order valence-electron chi connectivity index (χ4n) is 1.41. The molecule has 0 N–H and O–H groups in total. The minimum atomic E-state index is 0.241. The van der Waals surface area contributed by atoms with Gasteiger partial charge >= 0.3 is 0 Å². The predicted octanol–water partition coefficient (Wildman–Crippen LogP) is 7.86. The highest BCUT2D eigenvalue weighted by Crippen LogP contribution is 2.19. The van der Waals surface area contributed by atoms with Crippen LogP contribution in [-0.2, 0) is 0 Å². The minimum Gasteiger partial charge on any atom is -0.0785 e. The van der Waals surface area contributed by atoms with Gasteiger partial charge < -0.3 is 0 Å². The van der Waals surface area contributed by atoms with E-state index >= 15 is 0 Å². The Bertz CT molecular complexity index is 374. The molecule has 0 atom stereocenters.